The molecule has 1 N–H and O–H groups in total. The largest absolute Gasteiger partial charge is 0.329 e. The molecule has 110 valence electrons. The van der Waals surface area contributed by atoms with Crippen molar-refractivity contribution in [2.45, 2.75) is 25.5 Å². The van der Waals surface area contributed by atoms with Crippen LogP contribution in [0.2, 0.25) is 0 Å². The highest BCUT2D eigenvalue weighted by Gasteiger charge is 2.11. The van der Waals surface area contributed by atoms with Crippen LogP contribution in [-0.4, -0.2) is 71.2 Å². The van der Waals surface area contributed by atoms with Gasteiger partial charge in [-0.3, -0.25) is 0 Å². The van der Waals surface area contributed by atoms with Crippen molar-refractivity contribution >= 4 is 11.8 Å². The molecule has 0 amide bonds. The molecule has 19 heavy (non-hydrogen) atoms. The molecule has 7 heteroatoms. The van der Waals surface area contributed by atoms with Gasteiger partial charge >= 0.3 is 0 Å². The Labute approximate surface area is 120 Å². The number of hydrogen-bond donors (Lipinski definition) is 1. The Morgan fingerprint density at radius 1 is 1.32 bits per heavy atom. The van der Waals surface area contributed by atoms with Gasteiger partial charge in [0.1, 0.15) is 0 Å². The minimum absolute atomic E-state index is 0.694. The van der Waals surface area contributed by atoms with Crippen molar-refractivity contribution in [1.29, 1.82) is 0 Å². The summed E-state index contributed by atoms with van der Waals surface area (Å²) in [6.07, 6.45) is 0. The summed E-state index contributed by atoms with van der Waals surface area (Å²) in [7, 11) is 6.52. The van der Waals surface area contributed by atoms with E-state index >= 15 is 0 Å². The van der Waals surface area contributed by atoms with Gasteiger partial charge in [-0.2, -0.15) is 0 Å². The molecular formula is C12H27N6S+. The second-order valence-electron chi connectivity index (χ2n) is 6.14. The van der Waals surface area contributed by atoms with Crippen LogP contribution in [0.3, 0.4) is 0 Å². The summed E-state index contributed by atoms with van der Waals surface area (Å²) in [5.74, 6) is 1.69. The molecular weight excluding hydrogens is 260 g/mol. The predicted octanol–water partition coefficient (Wildman–Crippen LogP) is 0.717. The fourth-order valence-corrected chi connectivity index (χ4v) is 2.24. The van der Waals surface area contributed by atoms with E-state index in [1.807, 2.05) is 4.68 Å². The monoisotopic (exact) mass is 287 g/mol. The van der Waals surface area contributed by atoms with E-state index < -0.39 is 0 Å². The van der Waals surface area contributed by atoms with Crippen LogP contribution >= 0.6 is 11.8 Å². The zero-order chi connectivity index (χ0) is 14.3. The summed E-state index contributed by atoms with van der Waals surface area (Å²) in [6, 6.07) is 0. The summed E-state index contributed by atoms with van der Waals surface area (Å²) in [4.78, 5) is 0. The van der Waals surface area contributed by atoms with Gasteiger partial charge in [-0.1, -0.05) is 25.6 Å². The molecule has 0 saturated heterocycles. The molecule has 0 aliphatic heterocycles. The van der Waals surface area contributed by atoms with Gasteiger partial charge in [0.05, 0.1) is 34.2 Å². The number of thioether (sulfide) groups is 1. The highest BCUT2D eigenvalue weighted by atomic mass is 32.2. The van der Waals surface area contributed by atoms with Crippen molar-refractivity contribution < 1.29 is 4.48 Å². The van der Waals surface area contributed by atoms with Crippen LogP contribution in [0, 0.1) is 5.92 Å². The van der Waals surface area contributed by atoms with Gasteiger partial charge in [-0.05, 0) is 22.9 Å². The van der Waals surface area contributed by atoms with E-state index in [1.54, 1.807) is 11.8 Å². The number of quaternary nitrogens is 1. The quantitative estimate of drug-likeness (QED) is 0.412. The Balaban J connectivity index is 2.28. The molecule has 0 spiro atoms. The van der Waals surface area contributed by atoms with Crippen molar-refractivity contribution in [3.63, 3.8) is 0 Å². The van der Waals surface area contributed by atoms with Crippen molar-refractivity contribution in [2.75, 3.05) is 46.5 Å². The molecule has 0 bridgehead atoms. The molecule has 0 fully saturated rings. The number of rotatable bonds is 9. The number of nitrogens with zero attached hydrogens (tertiary/aromatic N) is 5. The SMILES string of the molecule is CC(C)CNCCSc1nnnn1CC[N+](C)(C)C. The minimum Gasteiger partial charge on any atom is -0.329 e. The lowest BCUT2D eigenvalue weighted by Gasteiger charge is -2.23. The third-order valence-corrected chi connectivity index (χ3v) is 3.50. The molecule has 1 rings (SSSR count). The minimum atomic E-state index is 0.694. The Morgan fingerprint density at radius 3 is 2.68 bits per heavy atom. The fraction of sp³-hybridized carbons (Fsp3) is 0.917. The smallest absolute Gasteiger partial charge is 0.209 e. The van der Waals surface area contributed by atoms with Gasteiger partial charge in [-0.15, -0.1) is 5.10 Å². The lowest BCUT2D eigenvalue weighted by Crippen LogP contribution is -2.37. The lowest BCUT2D eigenvalue weighted by atomic mass is 10.2. The third-order valence-electron chi connectivity index (χ3n) is 2.54. The molecule has 0 radical (unpaired) electrons. The van der Waals surface area contributed by atoms with Gasteiger partial charge in [-0.25, -0.2) is 4.68 Å². The molecule has 1 heterocycles. The molecule has 0 aliphatic carbocycles. The zero-order valence-corrected chi connectivity index (χ0v) is 13.6. The van der Waals surface area contributed by atoms with Crippen LogP contribution in [0.25, 0.3) is 0 Å². The maximum absolute atomic E-state index is 4.08. The Bertz CT molecular complexity index is 357. The average molecular weight is 287 g/mol. The maximum atomic E-state index is 4.08. The van der Waals surface area contributed by atoms with E-state index in [1.165, 1.54) is 0 Å². The maximum Gasteiger partial charge on any atom is 0.209 e. The molecule has 0 atom stereocenters. The first-order chi connectivity index (χ1) is 8.88. The van der Waals surface area contributed by atoms with E-state index in [4.69, 9.17) is 0 Å². The standard InChI is InChI=1S/C12H27N6S/c1-11(2)10-13-6-9-19-12-14-15-16-17(12)7-8-18(3,4)5/h11,13H,6-10H2,1-5H3/q+1. The molecule has 1 aromatic rings. The van der Waals surface area contributed by atoms with Gasteiger partial charge in [0.15, 0.2) is 0 Å². The van der Waals surface area contributed by atoms with Crippen LogP contribution in [0.1, 0.15) is 13.8 Å². The molecule has 6 nitrogen and oxygen atoms in total. The second-order valence-corrected chi connectivity index (χ2v) is 7.21. The summed E-state index contributed by atoms with van der Waals surface area (Å²) < 4.78 is 2.82. The number of tetrazole rings is 1. The Hall–Kier alpha value is -0.660. The van der Waals surface area contributed by atoms with E-state index in [0.29, 0.717) is 5.92 Å². The number of hydrogen-bond acceptors (Lipinski definition) is 5. The molecule has 0 aromatic carbocycles. The van der Waals surface area contributed by atoms with E-state index in [-0.39, 0.29) is 0 Å². The number of aromatic nitrogens is 4. The van der Waals surface area contributed by atoms with Crippen LogP contribution < -0.4 is 5.32 Å². The van der Waals surface area contributed by atoms with Gasteiger partial charge in [0.25, 0.3) is 0 Å². The first-order valence-corrected chi connectivity index (χ1v) is 7.77. The van der Waals surface area contributed by atoms with Crippen molar-refractivity contribution in [3.05, 3.63) is 0 Å². The van der Waals surface area contributed by atoms with Crippen molar-refractivity contribution in [1.82, 2.24) is 25.5 Å². The van der Waals surface area contributed by atoms with Crippen LogP contribution in [0.5, 0.6) is 0 Å². The lowest BCUT2D eigenvalue weighted by molar-refractivity contribution is -0.871. The Morgan fingerprint density at radius 2 is 2.05 bits per heavy atom. The van der Waals surface area contributed by atoms with Crippen molar-refractivity contribution in [2.24, 2.45) is 5.92 Å². The fourth-order valence-electron chi connectivity index (χ4n) is 1.44. The van der Waals surface area contributed by atoms with Gasteiger partial charge < -0.3 is 9.80 Å². The third kappa shape index (κ3) is 7.49. The summed E-state index contributed by atoms with van der Waals surface area (Å²) in [5.41, 5.74) is 0. The van der Waals surface area contributed by atoms with Crippen LogP contribution in [0.4, 0.5) is 0 Å². The number of likely N-dealkylation sites (N-methyl/N-ethyl adjacent to an activating group) is 1. The average Bonchev–Trinajstić information content (AvgIpc) is 2.72. The first-order valence-electron chi connectivity index (χ1n) is 6.78. The van der Waals surface area contributed by atoms with Crippen molar-refractivity contribution in [3.8, 4) is 0 Å². The van der Waals surface area contributed by atoms with Crippen LogP contribution in [-0.2, 0) is 6.54 Å². The highest BCUT2D eigenvalue weighted by molar-refractivity contribution is 7.99. The second kappa shape index (κ2) is 7.81. The molecule has 1 aromatic heterocycles. The van der Waals surface area contributed by atoms with Gasteiger partial charge in [0.2, 0.25) is 5.16 Å². The zero-order valence-electron chi connectivity index (χ0n) is 12.8. The summed E-state index contributed by atoms with van der Waals surface area (Å²) in [6.45, 7) is 8.36. The van der Waals surface area contributed by atoms with E-state index in [9.17, 15) is 0 Å². The first kappa shape index (κ1) is 16.4. The topological polar surface area (TPSA) is 55.6 Å². The molecule has 0 unspecified atom stereocenters. The summed E-state index contributed by atoms with van der Waals surface area (Å²) in [5, 5.41) is 16.2. The van der Waals surface area contributed by atoms with E-state index in [2.05, 4.69) is 55.8 Å². The normalized spacial score (nSPS) is 12.3. The molecule has 0 saturated carbocycles. The highest BCUT2D eigenvalue weighted by Crippen LogP contribution is 2.12. The summed E-state index contributed by atoms with van der Waals surface area (Å²) >= 11 is 1.71. The predicted molar refractivity (Wildman–Crippen MR) is 79.1 cm³/mol. The van der Waals surface area contributed by atoms with E-state index in [0.717, 1.165) is 41.6 Å². The molecule has 0 aliphatic rings. The number of nitrogens with one attached hydrogen (secondary N) is 1. The van der Waals surface area contributed by atoms with Gasteiger partial charge in [0, 0.05) is 12.3 Å². The Kier molecular flexibility index (Phi) is 6.74. The van der Waals surface area contributed by atoms with Crippen LogP contribution in [0.15, 0.2) is 5.16 Å².